The second-order valence-electron chi connectivity index (χ2n) is 7.28. The van der Waals surface area contributed by atoms with E-state index in [1.807, 2.05) is 17.0 Å². The van der Waals surface area contributed by atoms with E-state index < -0.39 is 0 Å². The van der Waals surface area contributed by atoms with Crippen LogP contribution in [0.2, 0.25) is 5.02 Å². The van der Waals surface area contributed by atoms with E-state index in [1.165, 1.54) is 10.7 Å². The van der Waals surface area contributed by atoms with Gasteiger partial charge >= 0.3 is 0 Å². The highest BCUT2D eigenvalue weighted by Gasteiger charge is 2.25. The van der Waals surface area contributed by atoms with Crippen molar-refractivity contribution in [3.8, 4) is 11.3 Å². The van der Waals surface area contributed by atoms with E-state index in [1.54, 1.807) is 18.2 Å². The number of halogens is 1. The molecule has 1 fully saturated rings. The van der Waals surface area contributed by atoms with Gasteiger partial charge in [-0.2, -0.15) is 5.10 Å². The van der Waals surface area contributed by atoms with Crippen LogP contribution in [0.1, 0.15) is 26.7 Å². The maximum atomic E-state index is 12.5. The van der Waals surface area contributed by atoms with Gasteiger partial charge in [-0.15, -0.1) is 0 Å². The first kappa shape index (κ1) is 18.6. The molecule has 0 N–H and O–H groups in total. The van der Waals surface area contributed by atoms with Crippen LogP contribution in [0, 0.1) is 11.8 Å². The molecule has 0 unspecified atom stereocenters. The monoisotopic (exact) mass is 373 g/mol. The summed E-state index contributed by atoms with van der Waals surface area (Å²) in [6, 6.07) is 10.5. The molecule has 2 atom stereocenters. The van der Waals surface area contributed by atoms with Gasteiger partial charge in [0.1, 0.15) is 0 Å². The number of carbonyl (C=O) groups is 1. The molecule has 1 saturated heterocycles. The molecule has 1 amide bonds. The van der Waals surface area contributed by atoms with E-state index >= 15 is 0 Å². The number of likely N-dealkylation sites (tertiary alicyclic amines) is 1. The third-order valence-electron chi connectivity index (χ3n) is 4.77. The van der Waals surface area contributed by atoms with Crippen LogP contribution in [0.15, 0.2) is 41.2 Å². The van der Waals surface area contributed by atoms with Gasteiger partial charge in [0.05, 0.1) is 12.2 Å². The minimum Gasteiger partial charge on any atom is -0.342 e. The third kappa shape index (κ3) is 4.52. The van der Waals surface area contributed by atoms with Crippen molar-refractivity contribution in [3.63, 3.8) is 0 Å². The number of carbonyl (C=O) groups excluding carboxylic acids is 1. The molecule has 1 aromatic carbocycles. The van der Waals surface area contributed by atoms with Crippen molar-refractivity contribution in [1.29, 1.82) is 0 Å². The van der Waals surface area contributed by atoms with Crippen LogP contribution in [0.25, 0.3) is 11.3 Å². The summed E-state index contributed by atoms with van der Waals surface area (Å²) in [5.41, 5.74) is 1.37. The first-order valence-electron chi connectivity index (χ1n) is 9.04. The zero-order chi connectivity index (χ0) is 18.7. The Morgan fingerprint density at radius 3 is 2.42 bits per heavy atom. The first-order valence-corrected chi connectivity index (χ1v) is 9.42. The summed E-state index contributed by atoms with van der Waals surface area (Å²) in [5.74, 6) is 1.14. The van der Waals surface area contributed by atoms with Crippen LogP contribution in [0.4, 0.5) is 0 Å². The molecule has 5 nitrogen and oxygen atoms in total. The summed E-state index contributed by atoms with van der Waals surface area (Å²) < 4.78 is 1.37. The molecule has 2 heterocycles. The van der Waals surface area contributed by atoms with E-state index in [9.17, 15) is 9.59 Å². The Bertz CT molecular complexity index is 822. The Balaban J connectivity index is 1.69. The second-order valence-corrected chi connectivity index (χ2v) is 7.72. The average Bonchev–Trinajstić information content (AvgIpc) is 2.60. The molecule has 0 radical (unpaired) electrons. The lowest BCUT2D eigenvalue weighted by atomic mass is 9.92. The highest BCUT2D eigenvalue weighted by molar-refractivity contribution is 6.30. The zero-order valence-electron chi connectivity index (χ0n) is 15.2. The minimum absolute atomic E-state index is 0.0917. The molecular formula is C20H24ClN3O2. The molecule has 0 aliphatic carbocycles. The molecule has 0 spiro atoms. The van der Waals surface area contributed by atoms with E-state index in [4.69, 9.17) is 11.6 Å². The highest BCUT2D eigenvalue weighted by atomic mass is 35.5. The maximum Gasteiger partial charge on any atom is 0.266 e. The largest absolute Gasteiger partial charge is 0.342 e. The summed E-state index contributed by atoms with van der Waals surface area (Å²) in [5, 5.41) is 5.06. The SMILES string of the molecule is C[C@@H]1C[C@@H](C)CN(C(=O)CCn2nc(-c3ccc(Cl)cc3)ccc2=O)C1. The molecule has 0 bridgehead atoms. The van der Waals surface area contributed by atoms with Gasteiger partial charge in [0, 0.05) is 36.2 Å². The van der Waals surface area contributed by atoms with Gasteiger partial charge in [0.15, 0.2) is 0 Å². The number of piperidine rings is 1. The van der Waals surface area contributed by atoms with Crippen LogP contribution in [-0.2, 0) is 11.3 Å². The van der Waals surface area contributed by atoms with Crippen molar-refractivity contribution < 1.29 is 4.79 Å². The lowest BCUT2D eigenvalue weighted by Crippen LogP contribution is -2.43. The number of nitrogens with zero attached hydrogens (tertiary/aromatic N) is 3. The summed E-state index contributed by atoms with van der Waals surface area (Å²) >= 11 is 5.92. The number of hydrogen-bond donors (Lipinski definition) is 0. The van der Waals surface area contributed by atoms with E-state index in [-0.39, 0.29) is 17.9 Å². The van der Waals surface area contributed by atoms with Gasteiger partial charge in [-0.1, -0.05) is 37.6 Å². The Morgan fingerprint density at radius 2 is 1.77 bits per heavy atom. The van der Waals surface area contributed by atoms with Gasteiger partial charge in [-0.25, -0.2) is 4.68 Å². The molecule has 26 heavy (non-hydrogen) atoms. The average molecular weight is 374 g/mol. The summed E-state index contributed by atoms with van der Waals surface area (Å²) in [4.78, 5) is 26.6. The molecule has 1 aromatic heterocycles. The Labute approximate surface area is 158 Å². The molecule has 1 aliphatic heterocycles. The molecule has 2 aromatic rings. The van der Waals surface area contributed by atoms with E-state index in [0.29, 0.717) is 29.1 Å². The standard InChI is InChI=1S/C20H24ClN3O2/c1-14-11-15(2)13-23(12-14)19(25)9-10-24-20(26)8-7-18(22-24)16-3-5-17(21)6-4-16/h3-8,14-15H,9-13H2,1-2H3/t14-,15-/m1/s1. The Morgan fingerprint density at radius 1 is 1.12 bits per heavy atom. The topological polar surface area (TPSA) is 55.2 Å². The maximum absolute atomic E-state index is 12.5. The zero-order valence-corrected chi connectivity index (χ0v) is 15.9. The number of rotatable bonds is 4. The quantitative estimate of drug-likeness (QED) is 0.824. The molecule has 3 rings (SSSR count). The Kier molecular flexibility index (Phi) is 5.77. The third-order valence-corrected chi connectivity index (χ3v) is 5.02. The lowest BCUT2D eigenvalue weighted by Gasteiger charge is -2.35. The summed E-state index contributed by atoms with van der Waals surface area (Å²) in [7, 11) is 0. The fraction of sp³-hybridized carbons (Fsp3) is 0.450. The van der Waals surface area contributed by atoms with Crippen LogP contribution in [0.5, 0.6) is 0 Å². The Hall–Kier alpha value is -2.14. The van der Waals surface area contributed by atoms with E-state index in [2.05, 4.69) is 18.9 Å². The minimum atomic E-state index is -0.198. The van der Waals surface area contributed by atoms with Crippen molar-refractivity contribution in [2.24, 2.45) is 11.8 Å². The van der Waals surface area contributed by atoms with E-state index in [0.717, 1.165) is 25.1 Å². The van der Waals surface area contributed by atoms with Crippen LogP contribution in [0.3, 0.4) is 0 Å². The van der Waals surface area contributed by atoms with Crippen molar-refractivity contribution in [1.82, 2.24) is 14.7 Å². The van der Waals surface area contributed by atoms with Crippen LogP contribution < -0.4 is 5.56 Å². The molecule has 6 heteroatoms. The van der Waals surface area contributed by atoms with Crippen molar-refractivity contribution in [2.75, 3.05) is 13.1 Å². The number of hydrogen-bond acceptors (Lipinski definition) is 3. The number of benzene rings is 1. The summed E-state index contributed by atoms with van der Waals surface area (Å²) in [6.07, 6.45) is 1.45. The van der Waals surface area contributed by atoms with Crippen molar-refractivity contribution in [3.05, 3.63) is 51.8 Å². The number of amides is 1. The van der Waals surface area contributed by atoms with Crippen molar-refractivity contribution >= 4 is 17.5 Å². The van der Waals surface area contributed by atoms with Crippen molar-refractivity contribution in [2.45, 2.75) is 33.2 Å². The smallest absolute Gasteiger partial charge is 0.266 e. The predicted molar refractivity (Wildman–Crippen MR) is 103 cm³/mol. The molecule has 0 saturated carbocycles. The van der Waals surface area contributed by atoms with Crippen LogP contribution in [-0.4, -0.2) is 33.7 Å². The number of aryl methyl sites for hydroxylation is 1. The first-order chi connectivity index (χ1) is 12.4. The second kappa shape index (κ2) is 8.04. The van der Waals surface area contributed by atoms with Gasteiger partial charge in [0.2, 0.25) is 5.91 Å². The predicted octanol–water partition coefficient (Wildman–Crippen LogP) is 3.46. The van der Waals surface area contributed by atoms with Gasteiger partial charge in [0.25, 0.3) is 5.56 Å². The molecular weight excluding hydrogens is 350 g/mol. The summed E-state index contributed by atoms with van der Waals surface area (Å²) in [6.45, 7) is 6.25. The highest BCUT2D eigenvalue weighted by Crippen LogP contribution is 2.21. The fourth-order valence-electron chi connectivity index (χ4n) is 3.61. The van der Waals surface area contributed by atoms with Gasteiger partial charge in [-0.3, -0.25) is 9.59 Å². The van der Waals surface area contributed by atoms with Gasteiger partial charge < -0.3 is 4.90 Å². The molecule has 1 aliphatic rings. The molecule has 138 valence electrons. The normalized spacial score (nSPS) is 20.2. The van der Waals surface area contributed by atoms with Crippen LogP contribution >= 0.6 is 11.6 Å². The van der Waals surface area contributed by atoms with Gasteiger partial charge in [-0.05, 0) is 36.5 Å². The lowest BCUT2D eigenvalue weighted by molar-refractivity contribution is -0.134. The fourth-order valence-corrected chi connectivity index (χ4v) is 3.74. The number of aromatic nitrogens is 2.